The Morgan fingerprint density at radius 2 is 1.75 bits per heavy atom. The normalized spacial score (nSPS) is 18.7. The van der Waals surface area contributed by atoms with Crippen molar-refractivity contribution in [3.05, 3.63) is 47.5 Å². The number of hydrogen-bond acceptors (Lipinski definition) is 6. The summed E-state index contributed by atoms with van der Waals surface area (Å²) in [6.45, 7) is 8.84. The zero-order chi connectivity index (χ0) is 22.8. The van der Waals surface area contributed by atoms with Crippen molar-refractivity contribution < 1.29 is 18.7 Å². The molecule has 32 heavy (non-hydrogen) atoms. The minimum Gasteiger partial charge on any atom is -0.442 e. The number of piperazine rings is 1. The van der Waals surface area contributed by atoms with Crippen LogP contribution in [-0.4, -0.2) is 62.4 Å². The van der Waals surface area contributed by atoms with Crippen molar-refractivity contribution in [3.8, 4) is 0 Å². The first-order chi connectivity index (χ1) is 15.3. The summed E-state index contributed by atoms with van der Waals surface area (Å²) in [5.41, 5.74) is 4.10. The molecule has 2 saturated heterocycles. The third-order valence-electron chi connectivity index (χ3n) is 5.75. The molecular formula is C23H28FN5O3. The van der Waals surface area contributed by atoms with Crippen LogP contribution in [0.4, 0.5) is 26.2 Å². The fourth-order valence-electron chi connectivity index (χ4n) is 4.22. The Kier molecular flexibility index (Phi) is 6.16. The van der Waals surface area contributed by atoms with Gasteiger partial charge in [0, 0.05) is 50.2 Å². The predicted octanol–water partition coefficient (Wildman–Crippen LogP) is 2.63. The number of nitrogens with one attached hydrogen (secondary N) is 1. The highest BCUT2D eigenvalue weighted by Crippen LogP contribution is 2.29. The fourth-order valence-corrected chi connectivity index (χ4v) is 4.22. The highest BCUT2D eigenvalue weighted by molar-refractivity contribution is 5.90. The number of benzene rings is 1. The van der Waals surface area contributed by atoms with Gasteiger partial charge in [0.2, 0.25) is 5.91 Å². The van der Waals surface area contributed by atoms with Gasteiger partial charge in [-0.15, -0.1) is 0 Å². The van der Waals surface area contributed by atoms with Gasteiger partial charge in [-0.1, -0.05) is 0 Å². The first kappa shape index (κ1) is 21.9. The van der Waals surface area contributed by atoms with E-state index in [2.05, 4.69) is 27.3 Å². The van der Waals surface area contributed by atoms with Crippen LogP contribution in [0.25, 0.3) is 0 Å². The van der Waals surface area contributed by atoms with Gasteiger partial charge in [0.15, 0.2) is 0 Å². The predicted molar refractivity (Wildman–Crippen MR) is 121 cm³/mol. The van der Waals surface area contributed by atoms with Crippen molar-refractivity contribution in [1.82, 2.24) is 10.3 Å². The molecule has 1 N–H and O–H groups in total. The average molecular weight is 442 g/mol. The van der Waals surface area contributed by atoms with E-state index in [4.69, 9.17) is 4.74 Å². The summed E-state index contributed by atoms with van der Waals surface area (Å²) < 4.78 is 20.3. The minimum absolute atomic E-state index is 0.191. The van der Waals surface area contributed by atoms with Crippen LogP contribution < -0.4 is 20.0 Å². The van der Waals surface area contributed by atoms with Gasteiger partial charge in [0.05, 0.1) is 24.5 Å². The van der Waals surface area contributed by atoms with E-state index in [0.29, 0.717) is 24.5 Å². The number of amides is 2. The molecule has 2 amide bonds. The highest BCUT2D eigenvalue weighted by Gasteiger charge is 2.33. The SMILES string of the molecule is CC(=O)NC[C@H]1CN(c2ccc(N3CCN(c4cc(C)nc(C)c4)CC3)c(F)c2)C(=O)O1. The molecule has 3 heterocycles. The van der Waals surface area contributed by atoms with Crippen molar-refractivity contribution in [2.75, 3.05) is 54.0 Å². The number of ether oxygens (including phenoxy) is 1. The summed E-state index contributed by atoms with van der Waals surface area (Å²) in [6.07, 6.45) is -0.994. The van der Waals surface area contributed by atoms with Crippen LogP contribution in [0.2, 0.25) is 0 Å². The van der Waals surface area contributed by atoms with Crippen LogP contribution in [-0.2, 0) is 9.53 Å². The summed E-state index contributed by atoms with van der Waals surface area (Å²) in [6, 6.07) is 8.98. The third-order valence-corrected chi connectivity index (χ3v) is 5.75. The van der Waals surface area contributed by atoms with Gasteiger partial charge in [0.25, 0.3) is 0 Å². The number of hydrogen-bond donors (Lipinski definition) is 1. The maximum Gasteiger partial charge on any atom is 0.414 e. The maximum atomic E-state index is 15.0. The lowest BCUT2D eigenvalue weighted by Gasteiger charge is -2.37. The van der Waals surface area contributed by atoms with Gasteiger partial charge in [-0.3, -0.25) is 14.7 Å². The summed E-state index contributed by atoms with van der Waals surface area (Å²) in [5.74, 6) is -0.561. The molecule has 0 saturated carbocycles. The Bertz CT molecular complexity index is 1000. The number of pyridine rings is 1. The largest absolute Gasteiger partial charge is 0.442 e. The Hall–Kier alpha value is -3.36. The number of carbonyl (C=O) groups excluding carboxylic acids is 2. The Morgan fingerprint density at radius 3 is 2.38 bits per heavy atom. The monoisotopic (exact) mass is 441 g/mol. The van der Waals surface area contributed by atoms with Gasteiger partial charge in [-0.2, -0.15) is 0 Å². The maximum absolute atomic E-state index is 15.0. The van der Waals surface area contributed by atoms with E-state index in [1.165, 1.54) is 17.9 Å². The quantitative estimate of drug-likeness (QED) is 0.769. The lowest BCUT2D eigenvalue weighted by atomic mass is 10.2. The molecular weight excluding hydrogens is 413 g/mol. The van der Waals surface area contributed by atoms with E-state index in [-0.39, 0.29) is 24.8 Å². The Labute approximate surface area is 187 Å². The molecule has 0 unspecified atom stereocenters. The number of nitrogens with zero attached hydrogens (tertiary/aromatic N) is 4. The topological polar surface area (TPSA) is 78.0 Å². The molecule has 1 aromatic heterocycles. The molecule has 0 radical (unpaired) electrons. The van der Waals surface area contributed by atoms with E-state index in [1.54, 1.807) is 12.1 Å². The number of rotatable bonds is 5. The number of anilines is 3. The summed E-state index contributed by atoms with van der Waals surface area (Å²) in [7, 11) is 0. The summed E-state index contributed by atoms with van der Waals surface area (Å²) in [4.78, 5) is 33.4. The second-order valence-corrected chi connectivity index (χ2v) is 8.27. The first-order valence-electron chi connectivity index (χ1n) is 10.8. The average Bonchev–Trinajstić information content (AvgIpc) is 3.12. The van der Waals surface area contributed by atoms with Gasteiger partial charge in [-0.25, -0.2) is 9.18 Å². The number of aryl methyl sites for hydroxylation is 2. The summed E-state index contributed by atoms with van der Waals surface area (Å²) >= 11 is 0. The van der Waals surface area contributed by atoms with Gasteiger partial charge in [-0.05, 0) is 44.2 Å². The van der Waals surface area contributed by atoms with Crippen molar-refractivity contribution in [3.63, 3.8) is 0 Å². The second-order valence-electron chi connectivity index (χ2n) is 8.27. The van der Waals surface area contributed by atoms with Crippen molar-refractivity contribution in [2.24, 2.45) is 0 Å². The fraction of sp³-hybridized carbons (Fsp3) is 0.435. The molecule has 8 nitrogen and oxygen atoms in total. The van der Waals surface area contributed by atoms with Gasteiger partial charge < -0.3 is 19.9 Å². The molecule has 2 fully saturated rings. The highest BCUT2D eigenvalue weighted by atomic mass is 19.1. The molecule has 170 valence electrons. The molecule has 0 spiro atoms. The Balaban J connectivity index is 1.40. The molecule has 9 heteroatoms. The zero-order valence-electron chi connectivity index (χ0n) is 18.6. The minimum atomic E-state index is -0.538. The van der Waals surface area contributed by atoms with Crippen LogP contribution in [0.1, 0.15) is 18.3 Å². The van der Waals surface area contributed by atoms with E-state index in [0.717, 1.165) is 30.2 Å². The van der Waals surface area contributed by atoms with Crippen molar-refractivity contribution in [2.45, 2.75) is 26.9 Å². The molecule has 2 aliphatic heterocycles. The lowest BCUT2D eigenvalue weighted by molar-refractivity contribution is -0.119. The third kappa shape index (κ3) is 4.76. The molecule has 0 aliphatic carbocycles. The van der Waals surface area contributed by atoms with Gasteiger partial charge in [0.1, 0.15) is 11.9 Å². The smallest absolute Gasteiger partial charge is 0.414 e. The van der Waals surface area contributed by atoms with E-state index >= 15 is 0 Å². The van der Waals surface area contributed by atoms with E-state index < -0.39 is 12.2 Å². The second kappa shape index (κ2) is 9.02. The number of cyclic esters (lactones) is 1. The number of halogens is 1. The van der Waals surface area contributed by atoms with Crippen LogP contribution in [0.3, 0.4) is 0 Å². The zero-order valence-corrected chi connectivity index (χ0v) is 18.6. The van der Waals surface area contributed by atoms with Crippen LogP contribution in [0, 0.1) is 19.7 Å². The van der Waals surface area contributed by atoms with Gasteiger partial charge >= 0.3 is 6.09 Å². The Morgan fingerprint density at radius 1 is 1.09 bits per heavy atom. The molecule has 2 aliphatic rings. The molecule has 2 aromatic rings. The summed E-state index contributed by atoms with van der Waals surface area (Å²) in [5, 5.41) is 2.63. The van der Waals surface area contributed by atoms with Crippen LogP contribution >= 0.6 is 0 Å². The van der Waals surface area contributed by atoms with Crippen LogP contribution in [0.5, 0.6) is 0 Å². The number of aromatic nitrogens is 1. The molecule has 0 bridgehead atoms. The molecule has 1 atom stereocenters. The standard InChI is InChI=1S/C23H28FN5O3/c1-15-10-19(11-16(2)26-15)27-6-8-28(9-7-27)22-5-4-18(12-21(22)24)29-14-20(32-23(29)31)13-25-17(3)30/h4-5,10-12,20H,6-9,13-14H2,1-3H3,(H,25,30)/t20-/m0/s1. The van der Waals surface area contributed by atoms with E-state index in [9.17, 15) is 14.0 Å². The van der Waals surface area contributed by atoms with E-state index in [1.807, 2.05) is 18.7 Å². The lowest BCUT2D eigenvalue weighted by Crippen LogP contribution is -2.47. The molecule has 4 rings (SSSR count). The number of carbonyl (C=O) groups is 2. The van der Waals surface area contributed by atoms with Crippen LogP contribution in [0.15, 0.2) is 30.3 Å². The van der Waals surface area contributed by atoms with Crippen molar-refractivity contribution in [1.29, 1.82) is 0 Å². The first-order valence-corrected chi connectivity index (χ1v) is 10.8. The van der Waals surface area contributed by atoms with Crippen molar-refractivity contribution >= 4 is 29.1 Å². The molecule has 1 aromatic carbocycles.